The van der Waals surface area contributed by atoms with Gasteiger partial charge in [-0.2, -0.15) is 13.2 Å². The molecular formula is C10H9F3O3. The maximum absolute atomic E-state index is 12.5. The Balaban J connectivity index is 3.24. The second kappa shape index (κ2) is 4.42. The van der Waals surface area contributed by atoms with Gasteiger partial charge < -0.3 is 9.84 Å². The van der Waals surface area contributed by atoms with E-state index in [1.54, 1.807) is 0 Å². The lowest BCUT2D eigenvalue weighted by Gasteiger charge is -2.11. The number of carbonyl (C=O) groups is 1. The maximum Gasteiger partial charge on any atom is 0.417 e. The third-order valence-electron chi connectivity index (χ3n) is 1.80. The molecule has 0 heterocycles. The lowest BCUT2D eigenvalue weighted by Crippen LogP contribution is -2.14. The van der Waals surface area contributed by atoms with Crippen molar-refractivity contribution in [3.8, 4) is 5.75 Å². The molecule has 16 heavy (non-hydrogen) atoms. The number of halogens is 3. The highest BCUT2D eigenvalue weighted by molar-refractivity contribution is 5.91. The number of carbonyl (C=O) groups excluding carboxylic acids is 1. The molecule has 1 N–H and O–H groups in total. The second-order valence-corrected chi connectivity index (χ2v) is 2.95. The summed E-state index contributed by atoms with van der Waals surface area (Å²) < 4.78 is 41.9. The molecule has 0 atom stereocenters. The fraction of sp³-hybridized carbons (Fsp3) is 0.300. The molecule has 0 spiro atoms. The molecule has 0 aliphatic heterocycles. The molecule has 0 radical (unpaired) electrons. The van der Waals surface area contributed by atoms with Crippen LogP contribution in [0.3, 0.4) is 0 Å². The number of rotatable bonds is 2. The molecular weight excluding hydrogens is 225 g/mol. The van der Waals surface area contributed by atoms with Crippen LogP contribution >= 0.6 is 0 Å². The molecule has 1 aromatic rings. The van der Waals surface area contributed by atoms with Crippen molar-refractivity contribution in [2.45, 2.75) is 13.1 Å². The van der Waals surface area contributed by atoms with E-state index in [4.69, 9.17) is 5.11 Å². The predicted octanol–water partition coefficient (Wildman–Crippen LogP) is 2.59. The Morgan fingerprint density at radius 2 is 2.06 bits per heavy atom. The van der Waals surface area contributed by atoms with Crippen LogP contribution < -0.4 is 0 Å². The molecule has 0 amide bonds. The number of phenolic OH excluding ortho intramolecular Hbond substituents is 1. The Morgan fingerprint density at radius 3 is 2.56 bits per heavy atom. The molecule has 0 aliphatic carbocycles. The van der Waals surface area contributed by atoms with Gasteiger partial charge in [0.1, 0.15) is 5.75 Å². The lowest BCUT2D eigenvalue weighted by molar-refractivity contribution is -0.138. The minimum Gasteiger partial charge on any atom is -0.508 e. The van der Waals surface area contributed by atoms with Crippen LogP contribution in [0.2, 0.25) is 0 Å². The van der Waals surface area contributed by atoms with Crippen LogP contribution in [-0.4, -0.2) is 17.7 Å². The van der Waals surface area contributed by atoms with Gasteiger partial charge in [-0.05, 0) is 25.1 Å². The zero-order valence-corrected chi connectivity index (χ0v) is 8.34. The number of alkyl halides is 3. The smallest absolute Gasteiger partial charge is 0.417 e. The number of hydrogen-bond donors (Lipinski definition) is 1. The number of ether oxygens (including phenoxy) is 1. The van der Waals surface area contributed by atoms with Crippen molar-refractivity contribution in [2.75, 3.05) is 6.61 Å². The number of esters is 1. The van der Waals surface area contributed by atoms with Crippen LogP contribution in [0.5, 0.6) is 5.75 Å². The predicted molar refractivity (Wildman–Crippen MR) is 49.1 cm³/mol. The van der Waals surface area contributed by atoms with E-state index in [0.29, 0.717) is 6.07 Å². The maximum atomic E-state index is 12.5. The summed E-state index contributed by atoms with van der Waals surface area (Å²) in [6.45, 7) is 1.44. The third kappa shape index (κ3) is 2.65. The molecule has 0 saturated carbocycles. The summed E-state index contributed by atoms with van der Waals surface area (Å²) >= 11 is 0. The molecule has 6 heteroatoms. The minimum atomic E-state index is -4.66. The molecule has 0 aromatic heterocycles. The van der Waals surface area contributed by atoms with Crippen LogP contribution in [-0.2, 0) is 10.9 Å². The first-order valence-electron chi connectivity index (χ1n) is 4.43. The number of hydrogen-bond acceptors (Lipinski definition) is 3. The molecule has 0 saturated heterocycles. The van der Waals surface area contributed by atoms with Gasteiger partial charge >= 0.3 is 12.1 Å². The Morgan fingerprint density at radius 1 is 1.44 bits per heavy atom. The first-order valence-corrected chi connectivity index (χ1v) is 4.43. The van der Waals surface area contributed by atoms with E-state index in [2.05, 4.69) is 4.74 Å². The summed E-state index contributed by atoms with van der Waals surface area (Å²) in [4.78, 5) is 11.2. The molecule has 1 rings (SSSR count). The van der Waals surface area contributed by atoms with Gasteiger partial charge in [0, 0.05) is 0 Å². The van der Waals surface area contributed by atoms with E-state index in [0.717, 1.165) is 12.1 Å². The Kier molecular flexibility index (Phi) is 3.41. The molecule has 0 bridgehead atoms. The van der Waals surface area contributed by atoms with Crippen molar-refractivity contribution in [3.63, 3.8) is 0 Å². The van der Waals surface area contributed by atoms with Crippen LogP contribution in [0.25, 0.3) is 0 Å². The standard InChI is InChI=1S/C10H9F3O3/c1-2-16-9(15)7-5-6(14)3-4-8(7)10(11,12)13/h3-5,14H,2H2,1H3. The summed E-state index contributed by atoms with van der Waals surface area (Å²) in [7, 11) is 0. The normalized spacial score (nSPS) is 11.2. The first-order chi connectivity index (χ1) is 7.36. The van der Waals surface area contributed by atoms with Gasteiger partial charge in [0.25, 0.3) is 0 Å². The van der Waals surface area contributed by atoms with Gasteiger partial charge in [0.05, 0.1) is 17.7 Å². The molecule has 1 aromatic carbocycles. The number of aromatic hydroxyl groups is 1. The molecule has 0 fully saturated rings. The molecule has 0 unspecified atom stereocenters. The van der Waals surface area contributed by atoms with E-state index in [1.165, 1.54) is 6.92 Å². The van der Waals surface area contributed by atoms with Crippen LogP contribution in [0.4, 0.5) is 13.2 Å². The van der Waals surface area contributed by atoms with Crippen molar-refractivity contribution < 1.29 is 27.8 Å². The summed E-state index contributed by atoms with van der Waals surface area (Å²) in [5, 5.41) is 9.05. The minimum absolute atomic E-state index is 0.0359. The van der Waals surface area contributed by atoms with Crippen LogP contribution in [0, 0.1) is 0 Å². The third-order valence-corrected chi connectivity index (χ3v) is 1.80. The molecule has 0 aliphatic rings. The zero-order chi connectivity index (χ0) is 12.3. The Labute approximate surface area is 89.5 Å². The Hall–Kier alpha value is -1.72. The summed E-state index contributed by atoms with van der Waals surface area (Å²) in [5.74, 6) is -1.53. The summed E-state index contributed by atoms with van der Waals surface area (Å²) in [6.07, 6.45) is -4.66. The largest absolute Gasteiger partial charge is 0.508 e. The van der Waals surface area contributed by atoms with E-state index >= 15 is 0 Å². The fourth-order valence-electron chi connectivity index (χ4n) is 1.16. The Bertz CT molecular complexity index is 399. The highest BCUT2D eigenvalue weighted by Crippen LogP contribution is 2.33. The highest BCUT2D eigenvalue weighted by Gasteiger charge is 2.35. The van der Waals surface area contributed by atoms with Gasteiger partial charge in [-0.25, -0.2) is 4.79 Å². The molecule has 3 nitrogen and oxygen atoms in total. The molecule has 88 valence electrons. The van der Waals surface area contributed by atoms with Crippen molar-refractivity contribution in [3.05, 3.63) is 29.3 Å². The van der Waals surface area contributed by atoms with E-state index < -0.39 is 29.0 Å². The van der Waals surface area contributed by atoms with Crippen LogP contribution in [0.15, 0.2) is 18.2 Å². The average molecular weight is 234 g/mol. The monoisotopic (exact) mass is 234 g/mol. The van der Waals surface area contributed by atoms with Gasteiger partial charge in [0.15, 0.2) is 0 Å². The lowest BCUT2D eigenvalue weighted by atomic mass is 10.1. The van der Waals surface area contributed by atoms with Gasteiger partial charge in [0.2, 0.25) is 0 Å². The highest BCUT2D eigenvalue weighted by atomic mass is 19.4. The van der Waals surface area contributed by atoms with Gasteiger partial charge in [-0.3, -0.25) is 0 Å². The summed E-state index contributed by atoms with van der Waals surface area (Å²) in [6, 6.07) is 2.24. The zero-order valence-electron chi connectivity index (χ0n) is 8.34. The number of phenols is 1. The SMILES string of the molecule is CCOC(=O)c1cc(O)ccc1C(F)(F)F. The van der Waals surface area contributed by atoms with Crippen molar-refractivity contribution >= 4 is 5.97 Å². The van der Waals surface area contributed by atoms with E-state index in [-0.39, 0.29) is 6.61 Å². The van der Waals surface area contributed by atoms with Crippen molar-refractivity contribution in [1.82, 2.24) is 0 Å². The quantitative estimate of drug-likeness (QED) is 0.800. The topological polar surface area (TPSA) is 46.5 Å². The van der Waals surface area contributed by atoms with E-state index in [9.17, 15) is 18.0 Å². The van der Waals surface area contributed by atoms with Gasteiger partial charge in [-0.1, -0.05) is 0 Å². The van der Waals surface area contributed by atoms with Gasteiger partial charge in [-0.15, -0.1) is 0 Å². The van der Waals surface area contributed by atoms with Crippen molar-refractivity contribution in [2.24, 2.45) is 0 Å². The van der Waals surface area contributed by atoms with Crippen LogP contribution in [0.1, 0.15) is 22.8 Å². The number of benzene rings is 1. The first kappa shape index (κ1) is 12.4. The summed E-state index contributed by atoms with van der Waals surface area (Å²) in [5.41, 5.74) is -1.81. The fourth-order valence-corrected chi connectivity index (χ4v) is 1.16. The average Bonchev–Trinajstić information content (AvgIpc) is 2.16. The second-order valence-electron chi connectivity index (χ2n) is 2.95. The van der Waals surface area contributed by atoms with E-state index in [1.807, 2.05) is 0 Å². The van der Waals surface area contributed by atoms with Crippen molar-refractivity contribution in [1.29, 1.82) is 0 Å².